The molecule has 142 valence electrons. The summed E-state index contributed by atoms with van der Waals surface area (Å²) in [7, 11) is -2.64. The predicted octanol–water partition coefficient (Wildman–Crippen LogP) is 2.31. The highest BCUT2D eigenvalue weighted by molar-refractivity contribution is 7.89. The van der Waals surface area contributed by atoms with Gasteiger partial charge >= 0.3 is 5.97 Å². The summed E-state index contributed by atoms with van der Waals surface area (Å²) in [5.41, 5.74) is -1.69. The van der Waals surface area contributed by atoms with Gasteiger partial charge in [-0.15, -0.1) is 0 Å². The maximum atomic E-state index is 13.3. The van der Waals surface area contributed by atoms with E-state index in [1.165, 1.54) is 27.0 Å². The second-order valence-electron chi connectivity index (χ2n) is 5.68. The molecule has 26 heavy (non-hydrogen) atoms. The number of ether oxygens (including phenoxy) is 2. The van der Waals surface area contributed by atoms with Gasteiger partial charge in [0, 0.05) is 19.5 Å². The van der Waals surface area contributed by atoms with Crippen LogP contribution in [0.4, 0.5) is 4.39 Å². The van der Waals surface area contributed by atoms with Gasteiger partial charge < -0.3 is 9.47 Å². The molecular formula is C16H17ClFNO6S. The van der Waals surface area contributed by atoms with E-state index in [9.17, 15) is 22.4 Å². The fraction of sp³-hybridized carbons (Fsp3) is 0.375. The maximum absolute atomic E-state index is 13.3. The van der Waals surface area contributed by atoms with Crippen LogP contribution in [0.2, 0.25) is 5.02 Å². The second-order valence-corrected chi connectivity index (χ2v) is 8.38. The number of halogens is 2. The van der Waals surface area contributed by atoms with Gasteiger partial charge in [0.2, 0.25) is 21.4 Å². The summed E-state index contributed by atoms with van der Waals surface area (Å²) in [5.74, 6) is -3.52. The van der Waals surface area contributed by atoms with Crippen molar-refractivity contribution in [3.63, 3.8) is 0 Å². The van der Waals surface area contributed by atoms with Gasteiger partial charge in [-0.3, -0.25) is 9.59 Å². The molecule has 0 aliphatic carbocycles. The molecule has 1 unspecified atom stereocenters. The summed E-state index contributed by atoms with van der Waals surface area (Å²) in [6.45, 7) is 3.80. The van der Waals surface area contributed by atoms with E-state index in [1.807, 2.05) is 0 Å². The van der Waals surface area contributed by atoms with Crippen molar-refractivity contribution in [2.75, 3.05) is 12.8 Å². The van der Waals surface area contributed by atoms with Crippen LogP contribution in [0.3, 0.4) is 0 Å². The van der Waals surface area contributed by atoms with E-state index in [0.29, 0.717) is 0 Å². The Balaban J connectivity index is 2.60. The Kier molecular flexibility index (Phi) is 5.34. The molecule has 1 aliphatic rings. The highest BCUT2D eigenvalue weighted by Crippen LogP contribution is 2.43. The number of ketones is 1. The molecule has 7 nitrogen and oxygen atoms in total. The van der Waals surface area contributed by atoms with Crippen LogP contribution in [0, 0.1) is 5.82 Å². The number of carbonyl (C=O) groups is 2. The van der Waals surface area contributed by atoms with Crippen molar-refractivity contribution in [2.45, 2.75) is 26.4 Å². The number of hydrogen-bond donors (Lipinski definition) is 0. The molecule has 0 aromatic heterocycles. The molecule has 1 aromatic carbocycles. The Bertz CT molecular complexity index is 913. The summed E-state index contributed by atoms with van der Waals surface area (Å²) in [6.07, 6.45) is 0. The zero-order valence-electron chi connectivity index (χ0n) is 14.5. The molecule has 0 N–H and O–H groups in total. The lowest BCUT2D eigenvalue weighted by molar-refractivity contribution is -0.142. The first-order valence-electron chi connectivity index (χ1n) is 7.52. The van der Waals surface area contributed by atoms with Crippen LogP contribution in [0.1, 0.15) is 26.3 Å². The van der Waals surface area contributed by atoms with Crippen molar-refractivity contribution in [2.24, 2.45) is 0 Å². The normalized spacial score (nSPS) is 20.2. The van der Waals surface area contributed by atoms with Gasteiger partial charge in [-0.05, 0) is 26.0 Å². The van der Waals surface area contributed by atoms with Crippen molar-refractivity contribution in [1.82, 2.24) is 4.31 Å². The van der Waals surface area contributed by atoms with Gasteiger partial charge in [0.1, 0.15) is 5.82 Å². The molecule has 0 fully saturated rings. The van der Waals surface area contributed by atoms with Gasteiger partial charge in [-0.25, -0.2) is 17.1 Å². The number of rotatable bonds is 5. The number of esters is 1. The Hall–Kier alpha value is -2.13. The summed E-state index contributed by atoms with van der Waals surface area (Å²) in [4.78, 5) is 24.3. The Morgan fingerprint density at radius 1 is 1.42 bits per heavy atom. The topological polar surface area (TPSA) is 90.0 Å². The average molecular weight is 406 g/mol. The highest BCUT2D eigenvalue weighted by atomic mass is 35.5. The van der Waals surface area contributed by atoms with Gasteiger partial charge in [0.05, 0.1) is 10.8 Å². The number of hydrogen-bond acceptors (Lipinski definition) is 6. The minimum absolute atomic E-state index is 0.0923. The molecule has 1 aliphatic heterocycles. The number of Topliss-reactive ketones (excluding diaryl/α,β-unsaturated/α-hetero) is 1. The third kappa shape index (κ3) is 3.41. The van der Waals surface area contributed by atoms with E-state index in [-0.39, 0.29) is 16.3 Å². The Labute approximate surface area is 155 Å². The number of sulfonamides is 1. The van der Waals surface area contributed by atoms with Gasteiger partial charge in [-0.1, -0.05) is 17.7 Å². The monoisotopic (exact) mass is 405 g/mol. The zero-order valence-corrected chi connectivity index (χ0v) is 16.1. The zero-order chi connectivity index (χ0) is 19.9. The van der Waals surface area contributed by atoms with Crippen LogP contribution in [-0.2, 0) is 34.7 Å². The van der Waals surface area contributed by atoms with Gasteiger partial charge in [-0.2, -0.15) is 0 Å². The molecule has 0 saturated heterocycles. The van der Waals surface area contributed by atoms with E-state index in [4.69, 9.17) is 21.1 Å². The lowest BCUT2D eigenvalue weighted by Gasteiger charge is -2.27. The minimum atomic E-state index is -3.81. The van der Waals surface area contributed by atoms with E-state index >= 15 is 0 Å². The van der Waals surface area contributed by atoms with Crippen LogP contribution in [0.5, 0.6) is 0 Å². The average Bonchev–Trinajstić information content (AvgIpc) is 2.79. The molecule has 1 heterocycles. The second kappa shape index (κ2) is 6.88. The maximum Gasteiger partial charge on any atom is 0.308 e. The summed E-state index contributed by atoms with van der Waals surface area (Å²) < 4.78 is 48.9. The summed E-state index contributed by atoms with van der Waals surface area (Å²) in [6, 6.07) is 3.33. The fourth-order valence-electron chi connectivity index (χ4n) is 2.41. The van der Waals surface area contributed by atoms with Crippen LogP contribution < -0.4 is 0 Å². The molecule has 0 spiro atoms. The molecule has 0 saturated carbocycles. The van der Waals surface area contributed by atoms with Crippen LogP contribution in [0.25, 0.3) is 0 Å². The van der Waals surface area contributed by atoms with E-state index < -0.39 is 44.8 Å². The van der Waals surface area contributed by atoms with Gasteiger partial charge in [0.15, 0.2) is 0 Å². The summed E-state index contributed by atoms with van der Waals surface area (Å²) in [5, 5.41) is -0.0923. The van der Waals surface area contributed by atoms with E-state index in [1.54, 1.807) is 0 Å². The Morgan fingerprint density at radius 3 is 2.54 bits per heavy atom. The van der Waals surface area contributed by atoms with Crippen molar-refractivity contribution in [3.05, 3.63) is 46.2 Å². The first-order chi connectivity index (χ1) is 11.9. The van der Waals surface area contributed by atoms with Crippen LogP contribution in [0.15, 0.2) is 29.8 Å². The number of benzene rings is 1. The first kappa shape index (κ1) is 20.2. The largest absolute Gasteiger partial charge is 0.456 e. The predicted molar refractivity (Wildman–Crippen MR) is 90.9 cm³/mol. The van der Waals surface area contributed by atoms with Crippen molar-refractivity contribution in [3.8, 4) is 0 Å². The molecule has 1 aromatic rings. The molecule has 2 rings (SSSR count). The third-order valence-corrected chi connectivity index (χ3v) is 5.94. The van der Waals surface area contributed by atoms with Gasteiger partial charge in [0.25, 0.3) is 11.7 Å². The van der Waals surface area contributed by atoms with Crippen LogP contribution in [-0.4, -0.2) is 37.3 Å². The SMILES string of the molecule is CCS(=O)(=O)N(C)C1=C(OC(C)=O)C(=O)C(C)(c2ccc(F)cc2Cl)O1. The standard InChI is InChI=1S/C16H17ClFNO6S/c1-5-26(22,23)19(4)15-13(24-9(2)20)14(21)16(3,25-15)11-7-6-10(18)8-12(11)17/h6-8H,5H2,1-4H3. The Morgan fingerprint density at radius 2 is 2.04 bits per heavy atom. The quantitative estimate of drug-likeness (QED) is 0.698. The number of carbonyl (C=O) groups excluding carboxylic acids is 2. The first-order valence-corrected chi connectivity index (χ1v) is 9.51. The van der Waals surface area contributed by atoms with Crippen molar-refractivity contribution >= 4 is 33.4 Å². The minimum Gasteiger partial charge on any atom is -0.456 e. The van der Waals surface area contributed by atoms with Crippen LogP contribution >= 0.6 is 11.6 Å². The lowest BCUT2D eigenvalue weighted by atomic mass is 9.91. The third-order valence-electron chi connectivity index (χ3n) is 3.89. The van der Waals surface area contributed by atoms with Crippen molar-refractivity contribution < 1.29 is 31.9 Å². The van der Waals surface area contributed by atoms with E-state index in [2.05, 4.69) is 0 Å². The molecule has 0 bridgehead atoms. The van der Waals surface area contributed by atoms with E-state index in [0.717, 1.165) is 23.4 Å². The molecular weight excluding hydrogens is 389 g/mol. The smallest absolute Gasteiger partial charge is 0.308 e. The highest BCUT2D eigenvalue weighted by Gasteiger charge is 2.52. The van der Waals surface area contributed by atoms with Crippen molar-refractivity contribution in [1.29, 1.82) is 0 Å². The summed E-state index contributed by atoms with van der Waals surface area (Å²) >= 11 is 6.03. The molecule has 1 atom stereocenters. The molecule has 10 heteroatoms. The fourth-order valence-corrected chi connectivity index (χ4v) is 3.52. The lowest BCUT2D eigenvalue weighted by Crippen LogP contribution is -2.33. The number of nitrogens with zero attached hydrogens (tertiary/aromatic N) is 1. The molecule has 0 amide bonds. The molecule has 0 radical (unpaired) electrons.